The largest absolute Gasteiger partial charge is 0.348 e. The number of nitrogens with one attached hydrogen (secondary N) is 1. The number of nitrogens with zero attached hydrogens (tertiary/aromatic N) is 1. The minimum atomic E-state index is -3.07. The summed E-state index contributed by atoms with van der Waals surface area (Å²) in [6, 6.07) is 17.2. The van der Waals surface area contributed by atoms with Crippen LogP contribution in [0.5, 0.6) is 0 Å². The molecule has 5 nitrogen and oxygen atoms in total. The summed E-state index contributed by atoms with van der Waals surface area (Å²) in [4.78, 5) is 14.8. The number of carbonyl (C=O) groups is 1. The first kappa shape index (κ1) is 18.6. The van der Waals surface area contributed by atoms with Gasteiger partial charge in [-0.25, -0.2) is 8.42 Å². The maximum absolute atomic E-state index is 12.4. The zero-order valence-corrected chi connectivity index (χ0v) is 15.7. The summed E-state index contributed by atoms with van der Waals surface area (Å²) in [5.74, 6) is -0.117. The fraction of sp³-hybridized carbons (Fsp3) is 0.350. The number of hydrogen-bond acceptors (Lipinski definition) is 4. The Kier molecular flexibility index (Phi) is 5.74. The van der Waals surface area contributed by atoms with Gasteiger partial charge in [-0.1, -0.05) is 42.5 Å². The van der Waals surface area contributed by atoms with Crippen LogP contribution >= 0.6 is 0 Å². The van der Waals surface area contributed by atoms with Gasteiger partial charge in [0.1, 0.15) is 0 Å². The molecule has 1 aliphatic heterocycles. The fourth-order valence-electron chi connectivity index (χ4n) is 3.26. The van der Waals surface area contributed by atoms with Crippen molar-refractivity contribution in [3.8, 4) is 0 Å². The minimum absolute atomic E-state index is 0.00797. The van der Waals surface area contributed by atoms with Crippen molar-refractivity contribution in [1.82, 2.24) is 10.2 Å². The summed E-state index contributed by atoms with van der Waals surface area (Å²) in [6.45, 7) is 2.70. The van der Waals surface area contributed by atoms with E-state index in [1.54, 1.807) is 24.3 Å². The third-order valence-electron chi connectivity index (χ3n) is 4.50. The molecule has 1 heterocycles. The standard InChI is InChI=1S/C20H24N2O3S/c1-26(24,25)15-17-7-9-18(10-8-17)20(23)21-19-11-12-22(14-19)13-16-5-3-2-4-6-16/h2-10,19H,11-15H2,1H3,(H,21,23). The highest BCUT2D eigenvalue weighted by Crippen LogP contribution is 2.14. The van der Waals surface area contributed by atoms with E-state index in [0.717, 1.165) is 26.1 Å². The van der Waals surface area contributed by atoms with Crippen molar-refractivity contribution >= 4 is 15.7 Å². The Labute approximate surface area is 154 Å². The van der Waals surface area contributed by atoms with Crippen molar-refractivity contribution in [3.63, 3.8) is 0 Å². The van der Waals surface area contributed by atoms with Crippen LogP contribution in [0.4, 0.5) is 0 Å². The summed E-state index contributed by atoms with van der Waals surface area (Å²) in [7, 11) is -3.07. The van der Waals surface area contributed by atoms with Crippen LogP contribution in [0.1, 0.15) is 27.9 Å². The lowest BCUT2D eigenvalue weighted by Crippen LogP contribution is -2.37. The SMILES string of the molecule is CS(=O)(=O)Cc1ccc(C(=O)NC2CCN(Cc3ccccc3)C2)cc1. The van der Waals surface area contributed by atoms with E-state index in [1.165, 1.54) is 11.8 Å². The van der Waals surface area contributed by atoms with Gasteiger partial charge in [0, 0.05) is 37.5 Å². The van der Waals surface area contributed by atoms with Gasteiger partial charge in [0.05, 0.1) is 5.75 Å². The number of sulfone groups is 1. The van der Waals surface area contributed by atoms with Gasteiger partial charge >= 0.3 is 0 Å². The van der Waals surface area contributed by atoms with Crippen LogP contribution < -0.4 is 5.32 Å². The van der Waals surface area contributed by atoms with E-state index < -0.39 is 9.84 Å². The summed E-state index contributed by atoms with van der Waals surface area (Å²) >= 11 is 0. The molecule has 1 amide bonds. The third kappa shape index (κ3) is 5.41. The number of benzene rings is 2. The highest BCUT2D eigenvalue weighted by Gasteiger charge is 2.24. The summed E-state index contributed by atoms with van der Waals surface area (Å²) in [6.07, 6.45) is 2.14. The van der Waals surface area contributed by atoms with Crippen molar-refractivity contribution in [2.45, 2.75) is 24.8 Å². The molecule has 0 bridgehead atoms. The van der Waals surface area contributed by atoms with Crippen molar-refractivity contribution in [3.05, 3.63) is 71.3 Å². The number of likely N-dealkylation sites (tertiary alicyclic amines) is 1. The molecular formula is C20H24N2O3S. The maximum atomic E-state index is 12.4. The lowest BCUT2D eigenvalue weighted by Gasteiger charge is -2.17. The molecule has 26 heavy (non-hydrogen) atoms. The topological polar surface area (TPSA) is 66.5 Å². The molecule has 6 heteroatoms. The lowest BCUT2D eigenvalue weighted by atomic mass is 10.1. The zero-order valence-electron chi connectivity index (χ0n) is 14.9. The highest BCUT2D eigenvalue weighted by molar-refractivity contribution is 7.89. The van der Waals surface area contributed by atoms with Crippen molar-refractivity contribution in [2.75, 3.05) is 19.3 Å². The molecule has 1 atom stereocenters. The Hall–Kier alpha value is -2.18. The number of hydrogen-bond donors (Lipinski definition) is 1. The molecule has 2 aromatic carbocycles. The van der Waals surface area contributed by atoms with Gasteiger partial charge in [-0.15, -0.1) is 0 Å². The van der Waals surface area contributed by atoms with Gasteiger partial charge in [-0.2, -0.15) is 0 Å². The fourth-order valence-corrected chi connectivity index (χ4v) is 4.06. The Morgan fingerprint density at radius 2 is 1.77 bits per heavy atom. The molecule has 0 aliphatic carbocycles. The van der Waals surface area contributed by atoms with Crippen LogP contribution in [0.15, 0.2) is 54.6 Å². The van der Waals surface area contributed by atoms with E-state index in [4.69, 9.17) is 0 Å². The van der Waals surface area contributed by atoms with Gasteiger partial charge < -0.3 is 5.32 Å². The zero-order chi connectivity index (χ0) is 18.6. The van der Waals surface area contributed by atoms with Gasteiger partial charge in [-0.3, -0.25) is 9.69 Å². The van der Waals surface area contributed by atoms with E-state index in [2.05, 4.69) is 22.3 Å². The summed E-state index contributed by atoms with van der Waals surface area (Å²) < 4.78 is 22.7. The van der Waals surface area contributed by atoms with E-state index in [9.17, 15) is 13.2 Å². The van der Waals surface area contributed by atoms with Crippen LogP contribution in [0.3, 0.4) is 0 Å². The molecule has 1 fully saturated rings. The Bertz CT molecular complexity index is 848. The number of amides is 1. The van der Waals surface area contributed by atoms with Crippen molar-refractivity contribution < 1.29 is 13.2 Å². The van der Waals surface area contributed by atoms with Crippen molar-refractivity contribution in [1.29, 1.82) is 0 Å². The normalized spacial score (nSPS) is 18.0. The van der Waals surface area contributed by atoms with Crippen LogP contribution in [0, 0.1) is 0 Å². The third-order valence-corrected chi connectivity index (χ3v) is 5.36. The summed E-state index contributed by atoms with van der Waals surface area (Å²) in [5, 5.41) is 3.08. The first-order valence-corrected chi connectivity index (χ1v) is 10.8. The van der Waals surface area contributed by atoms with E-state index in [0.29, 0.717) is 11.1 Å². The second-order valence-electron chi connectivity index (χ2n) is 6.95. The molecule has 0 aromatic heterocycles. The van der Waals surface area contributed by atoms with Crippen LogP contribution in [-0.4, -0.2) is 44.6 Å². The lowest BCUT2D eigenvalue weighted by molar-refractivity contribution is 0.0937. The molecule has 1 unspecified atom stereocenters. The Balaban J connectivity index is 1.52. The quantitative estimate of drug-likeness (QED) is 0.844. The molecular weight excluding hydrogens is 348 g/mol. The van der Waals surface area contributed by atoms with Gasteiger partial charge in [0.25, 0.3) is 5.91 Å². The van der Waals surface area contributed by atoms with E-state index in [-0.39, 0.29) is 17.7 Å². The van der Waals surface area contributed by atoms with Crippen LogP contribution in [0.2, 0.25) is 0 Å². The molecule has 0 radical (unpaired) electrons. The smallest absolute Gasteiger partial charge is 0.251 e. The monoisotopic (exact) mass is 372 g/mol. The molecule has 138 valence electrons. The Morgan fingerprint density at radius 3 is 2.42 bits per heavy atom. The second-order valence-corrected chi connectivity index (χ2v) is 9.09. The average molecular weight is 372 g/mol. The first-order valence-electron chi connectivity index (χ1n) is 8.73. The van der Waals surface area contributed by atoms with Crippen molar-refractivity contribution in [2.24, 2.45) is 0 Å². The molecule has 3 rings (SSSR count). The maximum Gasteiger partial charge on any atom is 0.251 e. The van der Waals surface area contributed by atoms with Gasteiger partial charge in [0.15, 0.2) is 9.84 Å². The molecule has 0 spiro atoms. The number of carbonyl (C=O) groups excluding carboxylic acids is 1. The highest BCUT2D eigenvalue weighted by atomic mass is 32.2. The Morgan fingerprint density at radius 1 is 1.08 bits per heavy atom. The second kappa shape index (κ2) is 8.01. The van der Waals surface area contributed by atoms with Crippen LogP contribution in [-0.2, 0) is 22.1 Å². The van der Waals surface area contributed by atoms with E-state index >= 15 is 0 Å². The molecule has 1 saturated heterocycles. The minimum Gasteiger partial charge on any atom is -0.348 e. The van der Waals surface area contributed by atoms with E-state index in [1.807, 2.05) is 18.2 Å². The predicted molar refractivity (Wildman–Crippen MR) is 103 cm³/mol. The molecule has 1 N–H and O–H groups in total. The summed E-state index contributed by atoms with van der Waals surface area (Å²) in [5.41, 5.74) is 2.53. The van der Waals surface area contributed by atoms with Crippen LogP contribution in [0.25, 0.3) is 0 Å². The van der Waals surface area contributed by atoms with Gasteiger partial charge in [0.2, 0.25) is 0 Å². The molecule has 0 saturated carbocycles. The average Bonchev–Trinajstić information content (AvgIpc) is 3.02. The predicted octanol–water partition coefficient (Wildman–Crippen LogP) is 2.24. The molecule has 1 aliphatic rings. The number of rotatable bonds is 6. The first-order chi connectivity index (χ1) is 12.4. The molecule has 2 aromatic rings. The van der Waals surface area contributed by atoms with Gasteiger partial charge in [-0.05, 0) is 29.7 Å².